The summed E-state index contributed by atoms with van der Waals surface area (Å²) in [5.74, 6) is -5.96. The number of piperazine rings is 1. The largest absolute Gasteiger partial charge is 0.481 e. The van der Waals surface area contributed by atoms with Crippen LogP contribution in [-0.2, 0) is 23.9 Å². The van der Waals surface area contributed by atoms with Crippen molar-refractivity contribution in [3.8, 4) is 11.6 Å². The van der Waals surface area contributed by atoms with Gasteiger partial charge in [0.2, 0.25) is 17.7 Å². The number of aromatic nitrogens is 2. The van der Waals surface area contributed by atoms with Crippen LogP contribution < -0.4 is 15.4 Å². The van der Waals surface area contributed by atoms with Crippen molar-refractivity contribution in [2.45, 2.75) is 70.0 Å². The minimum atomic E-state index is -1.29. The van der Waals surface area contributed by atoms with Crippen LogP contribution in [0.3, 0.4) is 0 Å². The van der Waals surface area contributed by atoms with Crippen LogP contribution in [-0.4, -0.2) is 129 Å². The first-order valence-electron chi connectivity index (χ1n) is 17.0. The second kappa shape index (κ2) is 16.6. The van der Waals surface area contributed by atoms with Crippen LogP contribution in [0.5, 0.6) is 5.88 Å². The number of aliphatic carboxylic acids is 1. The van der Waals surface area contributed by atoms with E-state index in [-0.39, 0.29) is 68.4 Å². The Balaban J connectivity index is 1.31. The van der Waals surface area contributed by atoms with Crippen LogP contribution in [0.25, 0.3) is 5.69 Å². The standard InChI is InChI=1S/C33H41F2N7O9/c1-2-50-33(49)40-15-13-39(14-16-40)32(48)24(10-11-29(44)45)37-30(46)25-18-28(42(38-25)21-8-9-22(34)23(35)17-21)51-19-27(43)41-12-4-7-26(41)31(47)36-20-5-3-6-20/h8-9,17-18,20,24,26H,2-7,10-16,19H2,1H3,(H,36,47)(H,37,46)(H,44,45). The zero-order valence-corrected chi connectivity index (χ0v) is 28.1. The summed E-state index contributed by atoms with van der Waals surface area (Å²) in [6.07, 6.45) is 2.70. The number of ether oxygens (including phenoxy) is 2. The lowest BCUT2D eigenvalue weighted by atomic mass is 9.93. The van der Waals surface area contributed by atoms with Crippen molar-refractivity contribution >= 4 is 35.7 Å². The number of likely N-dealkylation sites (tertiary alicyclic amines) is 1. The first kappa shape index (κ1) is 37.0. The third kappa shape index (κ3) is 9.09. The summed E-state index contributed by atoms with van der Waals surface area (Å²) in [6.45, 7) is 2.21. The molecule has 0 spiro atoms. The molecule has 1 saturated carbocycles. The molecule has 51 heavy (non-hydrogen) atoms. The van der Waals surface area contributed by atoms with Gasteiger partial charge in [-0.1, -0.05) is 0 Å². The van der Waals surface area contributed by atoms with Gasteiger partial charge in [0.05, 0.1) is 12.3 Å². The van der Waals surface area contributed by atoms with E-state index >= 15 is 0 Å². The molecule has 5 rings (SSSR count). The highest BCUT2D eigenvalue weighted by atomic mass is 19.2. The second-order valence-corrected chi connectivity index (χ2v) is 12.5. The number of nitrogens with zero attached hydrogens (tertiary/aromatic N) is 5. The van der Waals surface area contributed by atoms with Gasteiger partial charge in [0.1, 0.15) is 12.1 Å². The number of halogens is 2. The molecule has 3 heterocycles. The van der Waals surface area contributed by atoms with Crippen molar-refractivity contribution in [1.82, 2.24) is 35.1 Å². The maximum atomic E-state index is 14.3. The van der Waals surface area contributed by atoms with Gasteiger partial charge in [-0.15, -0.1) is 0 Å². The van der Waals surface area contributed by atoms with E-state index in [1.807, 2.05) is 0 Å². The van der Waals surface area contributed by atoms with Gasteiger partial charge < -0.3 is 39.9 Å². The molecular formula is C33H41F2N7O9. The number of carbonyl (C=O) groups excluding carboxylic acids is 5. The lowest BCUT2D eigenvalue weighted by Gasteiger charge is -2.35. The zero-order chi connectivity index (χ0) is 36.7. The van der Waals surface area contributed by atoms with E-state index in [0.29, 0.717) is 19.4 Å². The Bertz CT molecular complexity index is 1640. The monoisotopic (exact) mass is 717 g/mol. The van der Waals surface area contributed by atoms with Crippen LogP contribution >= 0.6 is 0 Å². The van der Waals surface area contributed by atoms with Gasteiger partial charge in [-0.05, 0) is 57.6 Å². The molecule has 0 radical (unpaired) electrons. The highest BCUT2D eigenvalue weighted by Gasteiger charge is 2.36. The number of carboxylic acids is 1. The van der Waals surface area contributed by atoms with Crippen LogP contribution in [0.4, 0.5) is 13.6 Å². The van der Waals surface area contributed by atoms with E-state index in [4.69, 9.17) is 9.47 Å². The van der Waals surface area contributed by atoms with E-state index in [2.05, 4.69) is 15.7 Å². The Kier molecular flexibility index (Phi) is 12.0. The fraction of sp³-hybridized carbons (Fsp3) is 0.545. The predicted molar refractivity (Wildman–Crippen MR) is 173 cm³/mol. The fourth-order valence-corrected chi connectivity index (χ4v) is 6.09. The van der Waals surface area contributed by atoms with E-state index in [9.17, 15) is 42.7 Å². The number of rotatable bonds is 13. The molecule has 2 aliphatic heterocycles. The summed E-state index contributed by atoms with van der Waals surface area (Å²) in [5, 5.41) is 19.0. The molecule has 2 aromatic rings. The topological polar surface area (TPSA) is 193 Å². The Morgan fingerprint density at radius 2 is 1.69 bits per heavy atom. The Labute approximate surface area is 292 Å². The van der Waals surface area contributed by atoms with Gasteiger partial charge in [-0.2, -0.15) is 5.10 Å². The summed E-state index contributed by atoms with van der Waals surface area (Å²) in [7, 11) is 0. The molecule has 0 bridgehead atoms. The molecule has 2 unspecified atom stereocenters. The maximum absolute atomic E-state index is 14.3. The molecule has 1 aromatic carbocycles. The molecule has 2 saturated heterocycles. The third-order valence-electron chi connectivity index (χ3n) is 9.10. The molecule has 16 nitrogen and oxygen atoms in total. The molecule has 2 atom stereocenters. The molecule has 1 aromatic heterocycles. The lowest BCUT2D eigenvalue weighted by molar-refractivity contribution is -0.140. The number of carboxylic acid groups (broad SMARTS) is 1. The first-order valence-corrected chi connectivity index (χ1v) is 17.0. The van der Waals surface area contributed by atoms with E-state index < -0.39 is 66.5 Å². The van der Waals surface area contributed by atoms with Crippen LogP contribution in [0, 0.1) is 11.6 Å². The van der Waals surface area contributed by atoms with Crippen molar-refractivity contribution in [2.24, 2.45) is 0 Å². The smallest absolute Gasteiger partial charge is 0.409 e. The van der Waals surface area contributed by atoms with Crippen molar-refractivity contribution in [1.29, 1.82) is 0 Å². The molecule has 3 fully saturated rings. The van der Waals surface area contributed by atoms with Crippen molar-refractivity contribution in [3.63, 3.8) is 0 Å². The maximum Gasteiger partial charge on any atom is 0.409 e. The minimum Gasteiger partial charge on any atom is -0.481 e. The van der Waals surface area contributed by atoms with E-state index in [0.717, 1.165) is 42.1 Å². The average molecular weight is 718 g/mol. The number of hydrogen-bond acceptors (Lipinski definition) is 9. The molecule has 1 aliphatic carbocycles. The Hall–Kier alpha value is -5.29. The van der Waals surface area contributed by atoms with Crippen LogP contribution in [0.2, 0.25) is 0 Å². The van der Waals surface area contributed by atoms with Crippen molar-refractivity contribution < 1.29 is 52.1 Å². The summed E-state index contributed by atoms with van der Waals surface area (Å²) >= 11 is 0. The highest BCUT2D eigenvalue weighted by Crippen LogP contribution is 2.24. The summed E-state index contributed by atoms with van der Waals surface area (Å²) < 4.78 is 39.8. The summed E-state index contributed by atoms with van der Waals surface area (Å²) in [5.41, 5.74) is -0.381. The molecule has 18 heteroatoms. The van der Waals surface area contributed by atoms with Gasteiger partial charge in [-0.25, -0.2) is 18.3 Å². The van der Waals surface area contributed by atoms with Crippen molar-refractivity contribution in [3.05, 3.63) is 41.6 Å². The fourth-order valence-electron chi connectivity index (χ4n) is 6.09. The van der Waals surface area contributed by atoms with Gasteiger partial charge >= 0.3 is 12.1 Å². The quantitative estimate of drug-likeness (QED) is 0.273. The number of benzene rings is 1. The van der Waals surface area contributed by atoms with Crippen LogP contribution in [0.15, 0.2) is 24.3 Å². The zero-order valence-electron chi connectivity index (χ0n) is 28.1. The third-order valence-corrected chi connectivity index (χ3v) is 9.10. The number of amides is 5. The SMILES string of the molecule is CCOC(=O)N1CCN(C(=O)C(CCC(=O)O)NC(=O)c2cc(OCC(=O)N3CCCC3C(=O)NC3CCC3)n(-c3ccc(F)c(F)c3)n2)CC1. The predicted octanol–water partition coefficient (Wildman–Crippen LogP) is 1.45. The van der Waals surface area contributed by atoms with Crippen molar-refractivity contribution in [2.75, 3.05) is 45.9 Å². The number of hydrogen-bond donors (Lipinski definition) is 3. The first-order chi connectivity index (χ1) is 24.4. The highest BCUT2D eigenvalue weighted by molar-refractivity contribution is 5.96. The minimum absolute atomic E-state index is 0.0488. The second-order valence-electron chi connectivity index (χ2n) is 12.5. The lowest BCUT2D eigenvalue weighted by Crippen LogP contribution is -2.56. The average Bonchev–Trinajstić information content (AvgIpc) is 3.76. The molecule has 276 valence electrons. The Morgan fingerprint density at radius 3 is 2.33 bits per heavy atom. The summed E-state index contributed by atoms with van der Waals surface area (Å²) in [6, 6.07) is 2.13. The van der Waals surface area contributed by atoms with E-state index in [1.165, 1.54) is 20.8 Å². The molecular weight excluding hydrogens is 676 g/mol. The van der Waals surface area contributed by atoms with Gasteiger partial charge in [0, 0.05) is 57.3 Å². The van der Waals surface area contributed by atoms with Crippen LogP contribution in [0.1, 0.15) is 62.4 Å². The van der Waals surface area contributed by atoms with Gasteiger partial charge in [0.15, 0.2) is 23.9 Å². The van der Waals surface area contributed by atoms with Gasteiger partial charge in [0.25, 0.3) is 11.8 Å². The van der Waals surface area contributed by atoms with E-state index in [1.54, 1.807) is 6.92 Å². The molecule has 3 aliphatic rings. The number of carbonyl (C=O) groups is 6. The normalized spacial score (nSPS) is 18.1. The van der Waals surface area contributed by atoms with Gasteiger partial charge in [-0.3, -0.25) is 24.0 Å². The molecule has 3 N–H and O–H groups in total. The summed E-state index contributed by atoms with van der Waals surface area (Å²) in [4.78, 5) is 80.8. The molecule has 5 amide bonds. The Morgan fingerprint density at radius 1 is 0.961 bits per heavy atom. The number of nitrogens with one attached hydrogen (secondary N) is 2.